The lowest BCUT2D eigenvalue weighted by Crippen LogP contribution is -2.11. The van der Waals surface area contributed by atoms with Gasteiger partial charge in [-0.15, -0.1) is 11.3 Å². The van der Waals surface area contributed by atoms with E-state index in [1.165, 1.54) is 0 Å². The van der Waals surface area contributed by atoms with Crippen LogP contribution in [0.3, 0.4) is 0 Å². The zero-order valence-corrected chi connectivity index (χ0v) is 11.7. The van der Waals surface area contributed by atoms with Gasteiger partial charge in [0.25, 0.3) is 0 Å². The molecule has 0 aliphatic carbocycles. The van der Waals surface area contributed by atoms with Crippen molar-refractivity contribution in [3.63, 3.8) is 0 Å². The van der Waals surface area contributed by atoms with Crippen molar-refractivity contribution in [2.75, 3.05) is 7.05 Å². The maximum Gasteiger partial charge on any atom is 0.110 e. The first-order valence-electron chi connectivity index (χ1n) is 5.51. The summed E-state index contributed by atoms with van der Waals surface area (Å²) in [7, 11) is 1.94. The molecule has 2 rings (SSSR count). The van der Waals surface area contributed by atoms with Gasteiger partial charge in [0.1, 0.15) is 5.01 Å². The Kier molecular flexibility index (Phi) is 3.82. The minimum Gasteiger partial charge on any atom is -0.311 e. The van der Waals surface area contributed by atoms with Crippen LogP contribution in [0.5, 0.6) is 0 Å². The Balaban J connectivity index is 2.33. The summed E-state index contributed by atoms with van der Waals surface area (Å²) in [5.74, 6) is 0. The van der Waals surface area contributed by atoms with Gasteiger partial charge in [-0.1, -0.05) is 17.7 Å². The van der Waals surface area contributed by atoms with Gasteiger partial charge in [-0.05, 0) is 38.6 Å². The molecule has 1 heterocycles. The van der Waals surface area contributed by atoms with Gasteiger partial charge in [0.2, 0.25) is 0 Å². The lowest BCUT2D eigenvalue weighted by atomic mass is 10.1. The van der Waals surface area contributed by atoms with Gasteiger partial charge in [-0.2, -0.15) is 0 Å². The molecule has 2 aromatic rings. The van der Waals surface area contributed by atoms with Gasteiger partial charge in [-0.25, -0.2) is 4.98 Å². The molecule has 0 aliphatic heterocycles. The molecule has 4 heteroatoms. The van der Waals surface area contributed by atoms with E-state index < -0.39 is 0 Å². The van der Waals surface area contributed by atoms with E-state index in [1.54, 1.807) is 11.3 Å². The van der Waals surface area contributed by atoms with Crippen LogP contribution in [0.25, 0.3) is 11.3 Å². The molecule has 0 aliphatic rings. The number of nitrogens with one attached hydrogen (secondary N) is 1. The van der Waals surface area contributed by atoms with Gasteiger partial charge in [0.15, 0.2) is 0 Å². The third-order valence-corrected chi connectivity index (χ3v) is 4.23. The summed E-state index contributed by atoms with van der Waals surface area (Å²) < 4.78 is 0. The summed E-state index contributed by atoms with van der Waals surface area (Å²) in [6.07, 6.45) is 0. The number of rotatable bonds is 3. The second-order valence-electron chi connectivity index (χ2n) is 4.05. The van der Waals surface area contributed by atoms with Crippen LogP contribution in [0.4, 0.5) is 0 Å². The minimum atomic E-state index is 0.294. The fourth-order valence-electron chi connectivity index (χ4n) is 1.55. The van der Waals surface area contributed by atoms with E-state index in [2.05, 4.69) is 28.7 Å². The lowest BCUT2D eigenvalue weighted by molar-refractivity contribution is 0.648. The van der Waals surface area contributed by atoms with Crippen molar-refractivity contribution in [1.29, 1.82) is 0 Å². The highest BCUT2D eigenvalue weighted by molar-refractivity contribution is 7.10. The standard InChI is InChI=1S/C13H15ClN2S/c1-8-6-10(4-5-11(8)14)12-7-17-13(16-12)9(2)15-3/h4-7,9,15H,1-3H3. The van der Waals surface area contributed by atoms with Crippen LogP contribution in [0.2, 0.25) is 5.02 Å². The zero-order valence-electron chi connectivity index (χ0n) is 10.1. The van der Waals surface area contributed by atoms with Crippen LogP contribution < -0.4 is 5.32 Å². The maximum atomic E-state index is 6.02. The third kappa shape index (κ3) is 2.68. The number of halogens is 1. The highest BCUT2D eigenvalue weighted by Crippen LogP contribution is 2.27. The Morgan fingerprint density at radius 3 is 2.82 bits per heavy atom. The summed E-state index contributed by atoms with van der Waals surface area (Å²) >= 11 is 7.70. The van der Waals surface area contributed by atoms with Gasteiger partial charge in [0, 0.05) is 16.0 Å². The smallest absolute Gasteiger partial charge is 0.110 e. The molecule has 1 N–H and O–H groups in total. The van der Waals surface area contributed by atoms with Crippen LogP contribution in [-0.4, -0.2) is 12.0 Å². The summed E-state index contributed by atoms with van der Waals surface area (Å²) in [6.45, 7) is 4.12. The second kappa shape index (κ2) is 5.17. The Morgan fingerprint density at radius 1 is 1.41 bits per heavy atom. The van der Waals surface area contributed by atoms with Crippen LogP contribution in [-0.2, 0) is 0 Å². The van der Waals surface area contributed by atoms with Crippen molar-refractivity contribution in [2.45, 2.75) is 19.9 Å². The number of aromatic nitrogens is 1. The van der Waals surface area contributed by atoms with E-state index >= 15 is 0 Å². The highest BCUT2D eigenvalue weighted by atomic mass is 35.5. The maximum absolute atomic E-state index is 6.02. The van der Waals surface area contributed by atoms with Crippen molar-refractivity contribution in [1.82, 2.24) is 10.3 Å². The molecule has 0 saturated heterocycles. The monoisotopic (exact) mass is 266 g/mol. The fourth-order valence-corrected chi connectivity index (χ4v) is 2.56. The largest absolute Gasteiger partial charge is 0.311 e. The molecule has 0 bridgehead atoms. The molecule has 0 radical (unpaired) electrons. The first kappa shape index (κ1) is 12.6. The van der Waals surface area contributed by atoms with Gasteiger partial charge in [-0.3, -0.25) is 0 Å². The van der Waals surface area contributed by atoms with E-state index in [-0.39, 0.29) is 0 Å². The zero-order chi connectivity index (χ0) is 12.4. The fraction of sp³-hybridized carbons (Fsp3) is 0.308. The third-order valence-electron chi connectivity index (χ3n) is 2.78. The quantitative estimate of drug-likeness (QED) is 0.907. The lowest BCUT2D eigenvalue weighted by Gasteiger charge is -2.05. The second-order valence-corrected chi connectivity index (χ2v) is 5.34. The van der Waals surface area contributed by atoms with Gasteiger partial charge in [0.05, 0.1) is 11.7 Å². The Morgan fingerprint density at radius 2 is 2.18 bits per heavy atom. The summed E-state index contributed by atoms with van der Waals surface area (Å²) in [5, 5.41) is 7.19. The van der Waals surface area contributed by atoms with Gasteiger partial charge < -0.3 is 5.32 Å². The Bertz CT molecular complexity index is 522. The summed E-state index contributed by atoms with van der Waals surface area (Å²) in [4.78, 5) is 4.63. The molecular formula is C13H15ClN2S. The molecule has 1 aromatic heterocycles. The Hall–Kier alpha value is -0.900. The number of hydrogen-bond donors (Lipinski definition) is 1. The predicted molar refractivity (Wildman–Crippen MR) is 74.8 cm³/mol. The number of benzene rings is 1. The van der Waals surface area contributed by atoms with Crippen molar-refractivity contribution in [3.05, 3.63) is 39.2 Å². The van der Waals surface area contributed by atoms with E-state index in [4.69, 9.17) is 11.6 Å². The molecular weight excluding hydrogens is 252 g/mol. The number of aryl methyl sites for hydroxylation is 1. The van der Waals surface area contributed by atoms with E-state index in [9.17, 15) is 0 Å². The van der Waals surface area contributed by atoms with Crippen LogP contribution in [0.1, 0.15) is 23.5 Å². The summed E-state index contributed by atoms with van der Waals surface area (Å²) in [5.41, 5.74) is 3.23. The molecule has 17 heavy (non-hydrogen) atoms. The Labute approximate surface area is 111 Å². The number of nitrogens with zero attached hydrogens (tertiary/aromatic N) is 1. The normalized spacial score (nSPS) is 12.7. The van der Waals surface area contributed by atoms with E-state index in [0.717, 1.165) is 26.9 Å². The van der Waals surface area contributed by atoms with Crippen LogP contribution in [0, 0.1) is 6.92 Å². The average molecular weight is 267 g/mol. The average Bonchev–Trinajstić information content (AvgIpc) is 2.81. The van der Waals surface area contributed by atoms with Crippen LogP contribution in [0.15, 0.2) is 23.6 Å². The molecule has 1 atom stereocenters. The van der Waals surface area contributed by atoms with Crippen molar-refractivity contribution < 1.29 is 0 Å². The van der Waals surface area contributed by atoms with Crippen molar-refractivity contribution in [3.8, 4) is 11.3 Å². The first-order valence-corrected chi connectivity index (χ1v) is 6.77. The SMILES string of the molecule is CNC(C)c1nc(-c2ccc(Cl)c(C)c2)cs1. The molecule has 1 aromatic carbocycles. The number of hydrogen-bond acceptors (Lipinski definition) is 3. The molecule has 1 unspecified atom stereocenters. The highest BCUT2D eigenvalue weighted by Gasteiger charge is 2.10. The topological polar surface area (TPSA) is 24.9 Å². The number of thiazole rings is 1. The predicted octanol–water partition coefficient (Wildman–Crippen LogP) is 4.05. The van der Waals surface area contributed by atoms with E-state index in [0.29, 0.717) is 6.04 Å². The molecule has 90 valence electrons. The van der Waals surface area contributed by atoms with E-state index in [1.807, 2.05) is 26.1 Å². The van der Waals surface area contributed by atoms with Crippen LogP contribution >= 0.6 is 22.9 Å². The molecule has 0 saturated carbocycles. The summed E-state index contributed by atoms with van der Waals surface area (Å²) in [6, 6.07) is 6.30. The molecule has 0 amide bonds. The first-order chi connectivity index (χ1) is 8.11. The molecule has 0 spiro atoms. The molecule has 2 nitrogen and oxygen atoms in total. The van der Waals surface area contributed by atoms with Crippen molar-refractivity contribution in [2.24, 2.45) is 0 Å². The van der Waals surface area contributed by atoms with Gasteiger partial charge >= 0.3 is 0 Å². The van der Waals surface area contributed by atoms with Crippen molar-refractivity contribution >= 4 is 22.9 Å². The molecule has 0 fully saturated rings. The minimum absolute atomic E-state index is 0.294.